The molecule has 0 aliphatic rings. The van der Waals surface area contributed by atoms with Crippen molar-refractivity contribution in [3.05, 3.63) is 41.1 Å². The predicted octanol–water partition coefficient (Wildman–Crippen LogP) is 2.98. The highest BCUT2D eigenvalue weighted by Crippen LogP contribution is 2.18. The van der Waals surface area contributed by atoms with Crippen LogP contribution < -0.4 is 0 Å². The molecule has 0 spiro atoms. The van der Waals surface area contributed by atoms with E-state index in [2.05, 4.69) is 25.3 Å². The quantitative estimate of drug-likeness (QED) is 0.619. The molecule has 0 saturated carbocycles. The van der Waals surface area contributed by atoms with Gasteiger partial charge in [-0.15, -0.1) is 12.6 Å². The molecule has 1 aromatic rings. The second-order valence-electron chi connectivity index (χ2n) is 2.02. The fourth-order valence-corrected chi connectivity index (χ4v) is 0.993. The third-order valence-corrected chi connectivity index (χ3v) is 2.11. The maximum absolute atomic E-state index is 12.4. The highest BCUT2D eigenvalue weighted by Gasteiger charge is 1.94. The summed E-state index contributed by atoms with van der Waals surface area (Å²) in [5.74, 6) is -0.242. The van der Waals surface area contributed by atoms with Crippen LogP contribution in [0.4, 0.5) is 4.39 Å². The molecule has 0 unspecified atom stereocenters. The molecular weight excluding hydrogens is 179 g/mol. The minimum atomic E-state index is -0.242. The molecule has 0 nitrogen and oxygen atoms in total. The third-order valence-electron chi connectivity index (χ3n) is 1.26. The maximum atomic E-state index is 12.4. The van der Waals surface area contributed by atoms with Gasteiger partial charge in [-0.25, -0.2) is 4.39 Å². The van der Waals surface area contributed by atoms with E-state index in [0.717, 1.165) is 10.5 Å². The lowest BCUT2D eigenvalue weighted by Crippen LogP contribution is -1.76. The molecule has 0 aliphatic carbocycles. The lowest BCUT2D eigenvalue weighted by atomic mass is 10.2. The summed E-state index contributed by atoms with van der Waals surface area (Å²) in [5, 5.41) is 1.57. The normalized spacial score (nSPS) is 11.7. The molecule has 0 aliphatic heterocycles. The molecule has 0 heterocycles. The van der Waals surface area contributed by atoms with Crippen molar-refractivity contribution in [3.63, 3.8) is 0 Å². The molecule has 0 saturated heterocycles. The average Bonchev–Trinajstić information content (AvgIpc) is 2.05. The number of benzene rings is 1. The molecule has 3 heteroatoms. The average molecular weight is 186 g/mol. The Morgan fingerprint density at radius 1 is 1.27 bits per heavy atom. The lowest BCUT2D eigenvalue weighted by Gasteiger charge is -1.97. The van der Waals surface area contributed by atoms with E-state index in [1.165, 1.54) is 12.1 Å². The summed E-state index contributed by atoms with van der Waals surface area (Å²) >= 11 is 8.04. The summed E-state index contributed by atoms with van der Waals surface area (Å²) < 4.78 is 12.4. The van der Waals surface area contributed by atoms with Gasteiger partial charge in [-0.3, -0.25) is 0 Å². The van der Waals surface area contributed by atoms with E-state index in [4.69, 9.17) is 0 Å². The van der Waals surface area contributed by atoms with Crippen LogP contribution >= 0.6 is 25.3 Å². The van der Waals surface area contributed by atoms with Gasteiger partial charge in [0.15, 0.2) is 0 Å². The van der Waals surface area contributed by atoms with Crippen molar-refractivity contribution in [1.29, 1.82) is 0 Å². The van der Waals surface area contributed by atoms with Gasteiger partial charge in [0, 0.05) is 4.91 Å². The van der Waals surface area contributed by atoms with Crippen LogP contribution in [0.25, 0.3) is 4.91 Å². The van der Waals surface area contributed by atoms with Gasteiger partial charge < -0.3 is 0 Å². The van der Waals surface area contributed by atoms with Crippen LogP contribution in [0, 0.1) is 5.82 Å². The van der Waals surface area contributed by atoms with Crippen molar-refractivity contribution < 1.29 is 4.39 Å². The maximum Gasteiger partial charge on any atom is 0.123 e. The van der Waals surface area contributed by atoms with Crippen LogP contribution in [-0.4, -0.2) is 0 Å². The zero-order chi connectivity index (χ0) is 8.27. The highest BCUT2D eigenvalue weighted by molar-refractivity contribution is 7.92. The van der Waals surface area contributed by atoms with E-state index in [1.54, 1.807) is 17.5 Å². The first-order chi connectivity index (χ1) is 5.24. The van der Waals surface area contributed by atoms with Crippen LogP contribution in [0.3, 0.4) is 0 Å². The van der Waals surface area contributed by atoms with Crippen molar-refractivity contribution in [2.24, 2.45) is 0 Å². The molecule has 1 rings (SSSR count). The molecule has 58 valence electrons. The number of rotatable bonds is 1. The standard InChI is InChI=1S/C8H7FS2/c9-7-3-1-6(2-4-7)8(11)5-10/h1-5,10-11H. The number of hydrogen-bond acceptors (Lipinski definition) is 2. The summed E-state index contributed by atoms with van der Waals surface area (Å²) in [7, 11) is 0. The molecule has 11 heavy (non-hydrogen) atoms. The summed E-state index contributed by atoms with van der Waals surface area (Å²) in [6, 6.07) is 6.10. The van der Waals surface area contributed by atoms with E-state index >= 15 is 0 Å². The van der Waals surface area contributed by atoms with E-state index in [1.807, 2.05) is 0 Å². The second kappa shape index (κ2) is 3.83. The van der Waals surface area contributed by atoms with E-state index < -0.39 is 0 Å². The minimum Gasteiger partial charge on any atom is -0.207 e. The van der Waals surface area contributed by atoms with Gasteiger partial charge in [-0.1, -0.05) is 12.1 Å². The fourth-order valence-electron chi connectivity index (χ4n) is 0.695. The number of hydrogen-bond donors (Lipinski definition) is 2. The zero-order valence-corrected chi connectivity index (χ0v) is 7.45. The molecule has 0 aromatic heterocycles. The van der Waals surface area contributed by atoms with Gasteiger partial charge in [0.2, 0.25) is 0 Å². The van der Waals surface area contributed by atoms with Gasteiger partial charge in [0.25, 0.3) is 0 Å². The van der Waals surface area contributed by atoms with E-state index in [9.17, 15) is 4.39 Å². The van der Waals surface area contributed by atoms with Gasteiger partial charge >= 0.3 is 0 Å². The van der Waals surface area contributed by atoms with Crippen LogP contribution in [0.15, 0.2) is 29.7 Å². The van der Waals surface area contributed by atoms with Crippen LogP contribution in [0.1, 0.15) is 5.56 Å². The largest absolute Gasteiger partial charge is 0.207 e. The van der Waals surface area contributed by atoms with Crippen molar-refractivity contribution in [2.75, 3.05) is 0 Å². The summed E-state index contributed by atoms with van der Waals surface area (Å²) in [4.78, 5) is 0.730. The van der Waals surface area contributed by atoms with Crippen LogP contribution in [0.5, 0.6) is 0 Å². The van der Waals surface area contributed by atoms with Gasteiger partial charge in [0.05, 0.1) is 0 Å². The SMILES string of the molecule is Fc1ccc(C(S)=CS)cc1. The minimum absolute atomic E-state index is 0.242. The summed E-state index contributed by atoms with van der Waals surface area (Å²) in [6.07, 6.45) is 0. The molecule has 1 aromatic carbocycles. The third kappa shape index (κ3) is 2.27. The van der Waals surface area contributed by atoms with Crippen molar-refractivity contribution in [3.8, 4) is 0 Å². The Morgan fingerprint density at radius 2 is 1.82 bits per heavy atom. The second-order valence-corrected chi connectivity index (χ2v) is 2.76. The van der Waals surface area contributed by atoms with Crippen LogP contribution in [-0.2, 0) is 0 Å². The molecule has 0 N–H and O–H groups in total. The molecule has 0 atom stereocenters. The molecule has 0 fully saturated rings. The molecule has 0 amide bonds. The fraction of sp³-hybridized carbons (Fsp3) is 0. The predicted molar refractivity (Wildman–Crippen MR) is 52.3 cm³/mol. The first kappa shape index (κ1) is 8.68. The molecule has 0 bridgehead atoms. The van der Waals surface area contributed by atoms with Gasteiger partial charge in [0.1, 0.15) is 5.82 Å². The summed E-state index contributed by atoms with van der Waals surface area (Å²) in [6.45, 7) is 0. The van der Waals surface area contributed by atoms with Gasteiger partial charge in [-0.2, -0.15) is 12.6 Å². The Labute approximate surface area is 75.9 Å². The number of halogens is 1. The number of thiol groups is 2. The van der Waals surface area contributed by atoms with E-state index in [0.29, 0.717) is 0 Å². The van der Waals surface area contributed by atoms with Crippen LogP contribution in [0.2, 0.25) is 0 Å². The van der Waals surface area contributed by atoms with Gasteiger partial charge in [-0.05, 0) is 23.1 Å². The summed E-state index contributed by atoms with van der Waals surface area (Å²) in [5.41, 5.74) is 0.865. The molecule has 0 radical (unpaired) electrons. The topological polar surface area (TPSA) is 0 Å². The Kier molecular flexibility index (Phi) is 3.02. The smallest absolute Gasteiger partial charge is 0.123 e. The Hall–Kier alpha value is -0.410. The molecular formula is C8H7FS2. The Morgan fingerprint density at radius 3 is 2.27 bits per heavy atom. The highest BCUT2D eigenvalue weighted by atomic mass is 32.1. The van der Waals surface area contributed by atoms with E-state index in [-0.39, 0.29) is 5.82 Å². The lowest BCUT2D eigenvalue weighted by molar-refractivity contribution is 0.628. The monoisotopic (exact) mass is 186 g/mol. The first-order valence-corrected chi connectivity index (χ1v) is 3.99. The Balaban J connectivity index is 2.99. The Bertz CT molecular complexity index is 264. The first-order valence-electron chi connectivity index (χ1n) is 3.03. The van der Waals surface area contributed by atoms with Crippen molar-refractivity contribution >= 4 is 30.2 Å². The van der Waals surface area contributed by atoms with Crippen molar-refractivity contribution in [1.82, 2.24) is 0 Å². The zero-order valence-electron chi connectivity index (χ0n) is 5.66. The van der Waals surface area contributed by atoms with Crippen molar-refractivity contribution in [2.45, 2.75) is 0 Å².